The summed E-state index contributed by atoms with van der Waals surface area (Å²) in [4.78, 5) is 10.2. The third-order valence-electron chi connectivity index (χ3n) is 0.985. The first-order valence-electron chi connectivity index (χ1n) is 3.21. The van der Waals surface area contributed by atoms with Gasteiger partial charge < -0.3 is 5.11 Å². The molecule has 1 N–H and O–H groups in total. The van der Waals surface area contributed by atoms with Gasteiger partial charge in [-0.3, -0.25) is 4.79 Å². The fraction of sp³-hybridized carbons (Fsp3) is 0.833. The Labute approximate surface area is 70.8 Å². The van der Waals surface area contributed by atoms with Crippen molar-refractivity contribution in [2.24, 2.45) is 0 Å². The monoisotopic (exact) mass is 180 g/mol. The Bertz CT molecular complexity index is 106. The summed E-state index contributed by atoms with van der Waals surface area (Å²) in [7, 11) is 0. The van der Waals surface area contributed by atoms with Crippen molar-refractivity contribution < 1.29 is 9.90 Å². The molecule has 0 bridgehead atoms. The highest BCUT2D eigenvalue weighted by atomic mass is 32.2. The standard InChI is InChI=1S/C6H12O2S2/c1-2-3-4-10-6(9)5(7)8/h6,9H,2-4H2,1H3,(H,7,8). The van der Waals surface area contributed by atoms with Crippen LogP contribution in [0.15, 0.2) is 0 Å². The molecule has 0 fully saturated rings. The molecule has 0 aliphatic heterocycles. The Balaban J connectivity index is 3.21. The molecule has 0 heterocycles. The number of aliphatic carboxylic acids is 1. The Kier molecular flexibility index (Phi) is 6.02. The van der Waals surface area contributed by atoms with Crippen LogP contribution < -0.4 is 0 Å². The maximum atomic E-state index is 10.2. The zero-order valence-electron chi connectivity index (χ0n) is 5.91. The van der Waals surface area contributed by atoms with E-state index in [1.807, 2.05) is 0 Å². The van der Waals surface area contributed by atoms with Gasteiger partial charge in [0.2, 0.25) is 0 Å². The van der Waals surface area contributed by atoms with Gasteiger partial charge in [-0.15, -0.1) is 11.8 Å². The van der Waals surface area contributed by atoms with E-state index in [-0.39, 0.29) is 0 Å². The molecule has 0 saturated heterocycles. The molecule has 0 spiro atoms. The molecule has 10 heavy (non-hydrogen) atoms. The second kappa shape index (κ2) is 5.92. The van der Waals surface area contributed by atoms with Crippen LogP contribution in [0.4, 0.5) is 0 Å². The van der Waals surface area contributed by atoms with Crippen molar-refractivity contribution in [2.45, 2.75) is 24.3 Å². The van der Waals surface area contributed by atoms with Crippen LogP contribution in [0.5, 0.6) is 0 Å². The molecule has 0 amide bonds. The van der Waals surface area contributed by atoms with E-state index in [1.165, 1.54) is 11.8 Å². The Morgan fingerprint density at radius 3 is 2.80 bits per heavy atom. The lowest BCUT2D eigenvalue weighted by atomic mass is 10.4. The van der Waals surface area contributed by atoms with E-state index in [0.717, 1.165) is 18.6 Å². The maximum absolute atomic E-state index is 10.2. The molecule has 0 radical (unpaired) electrons. The van der Waals surface area contributed by atoms with Crippen molar-refractivity contribution in [1.29, 1.82) is 0 Å². The molecular weight excluding hydrogens is 168 g/mol. The number of thioether (sulfide) groups is 1. The van der Waals surface area contributed by atoms with Crippen LogP contribution in [-0.2, 0) is 4.79 Å². The van der Waals surface area contributed by atoms with Gasteiger partial charge in [-0.2, -0.15) is 12.6 Å². The normalized spacial score (nSPS) is 13.0. The Hall–Kier alpha value is 0.170. The van der Waals surface area contributed by atoms with E-state index in [9.17, 15) is 4.79 Å². The van der Waals surface area contributed by atoms with Crippen LogP contribution >= 0.6 is 24.4 Å². The van der Waals surface area contributed by atoms with Gasteiger partial charge in [0.15, 0.2) is 0 Å². The molecular formula is C6H12O2S2. The molecule has 4 heteroatoms. The van der Waals surface area contributed by atoms with Crippen LogP contribution in [-0.4, -0.2) is 21.4 Å². The van der Waals surface area contributed by atoms with Crippen molar-refractivity contribution in [3.05, 3.63) is 0 Å². The van der Waals surface area contributed by atoms with E-state index >= 15 is 0 Å². The number of thiol groups is 1. The number of carboxylic acid groups (broad SMARTS) is 1. The smallest absolute Gasteiger partial charge is 0.326 e. The first-order chi connectivity index (χ1) is 4.68. The van der Waals surface area contributed by atoms with E-state index in [0.29, 0.717) is 0 Å². The van der Waals surface area contributed by atoms with Crippen LogP contribution in [0.2, 0.25) is 0 Å². The minimum Gasteiger partial charge on any atom is -0.480 e. The minimum atomic E-state index is -0.843. The molecule has 0 saturated carbocycles. The number of rotatable bonds is 5. The average Bonchev–Trinajstić information content (AvgIpc) is 1.88. The predicted octanol–water partition coefficient (Wildman–Crippen LogP) is 1.86. The van der Waals surface area contributed by atoms with Crippen LogP contribution in [0.25, 0.3) is 0 Å². The molecule has 0 aromatic heterocycles. The highest BCUT2D eigenvalue weighted by molar-refractivity contribution is 8.11. The predicted molar refractivity (Wildman–Crippen MR) is 47.8 cm³/mol. The van der Waals surface area contributed by atoms with Gasteiger partial charge in [-0.25, -0.2) is 0 Å². The van der Waals surface area contributed by atoms with Gasteiger partial charge in [-0.05, 0) is 12.2 Å². The van der Waals surface area contributed by atoms with E-state index in [2.05, 4.69) is 19.6 Å². The largest absolute Gasteiger partial charge is 0.480 e. The molecule has 60 valence electrons. The second-order valence-corrected chi connectivity index (χ2v) is 3.99. The first kappa shape index (κ1) is 10.2. The highest BCUT2D eigenvalue weighted by Gasteiger charge is 2.10. The summed E-state index contributed by atoms with van der Waals surface area (Å²) >= 11 is 5.23. The van der Waals surface area contributed by atoms with Gasteiger partial charge in [-0.1, -0.05) is 13.3 Å². The number of carboxylic acids is 1. The van der Waals surface area contributed by atoms with Crippen molar-refractivity contribution in [1.82, 2.24) is 0 Å². The summed E-state index contributed by atoms with van der Waals surface area (Å²) < 4.78 is -0.549. The summed E-state index contributed by atoms with van der Waals surface area (Å²) in [5, 5.41) is 8.38. The van der Waals surface area contributed by atoms with Crippen molar-refractivity contribution >= 4 is 30.4 Å². The van der Waals surface area contributed by atoms with Gasteiger partial charge in [0, 0.05) is 0 Å². The lowest BCUT2D eigenvalue weighted by Gasteiger charge is -2.02. The zero-order chi connectivity index (χ0) is 7.98. The topological polar surface area (TPSA) is 37.3 Å². The Morgan fingerprint density at radius 1 is 1.80 bits per heavy atom. The van der Waals surface area contributed by atoms with E-state index < -0.39 is 10.6 Å². The molecule has 1 atom stereocenters. The zero-order valence-corrected chi connectivity index (χ0v) is 7.62. The highest BCUT2D eigenvalue weighted by Crippen LogP contribution is 2.16. The molecule has 2 nitrogen and oxygen atoms in total. The minimum absolute atomic E-state index is 0.549. The summed E-state index contributed by atoms with van der Waals surface area (Å²) in [5.41, 5.74) is 0. The Morgan fingerprint density at radius 2 is 2.40 bits per heavy atom. The molecule has 0 aromatic carbocycles. The van der Waals surface area contributed by atoms with E-state index in [1.54, 1.807) is 0 Å². The van der Waals surface area contributed by atoms with Crippen molar-refractivity contribution in [3.8, 4) is 0 Å². The number of hydrogen-bond acceptors (Lipinski definition) is 3. The third-order valence-corrected chi connectivity index (χ3v) is 2.69. The fourth-order valence-electron chi connectivity index (χ4n) is 0.411. The lowest BCUT2D eigenvalue weighted by molar-refractivity contribution is -0.134. The average molecular weight is 180 g/mol. The first-order valence-corrected chi connectivity index (χ1v) is 4.77. The number of hydrogen-bond donors (Lipinski definition) is 2. The van der Waals surface area contributed by atoms with Crippen molar-refractivity contribution in [2.75, 3.05) is 5.75 Å². The van der Waals surface area contributed by atoms with Gasteiger partial charge >= 0.3 is 5.97 Å². The molecule has 0 aliphatic carbocycles. The van der Waals surface area contributed by atoms with Crippen LogP contribution in [0.1, 0.15) is 19.8 Å². The van der Waals surface area contributed by atoms with Gasteiger partial charge in [0.25, 0.3) is 0 Å². The summed E-state index contributed by atoms with van der Waals surface area (Å²) in [5.74, 6) is 0.0428. The SMILES string of the molecule is CCCCSC(S)C(=O)O. The quantitative estimate of drug-likeness (QED) is 0.385. The maximum Gasteiger partial charge on any atom is 0.326 e. The van der Waals surface area contributed by atoms with Gasteiger partial charge in [0.1, 0.15) is 4.58 Å². The summed E-state index contributed by atoms with van der Waals surface area (Å²) in [6.07, 6.45) is 2.17. The van der Waals surface area contributed by atoms with Crippen molar-refractivity contribution in [3.63, 3.8) is 0 Å². The molecule has 1 unspecified atom stereocenters. The molecule has 0 rings (SSSR count). The summed E-state index contributed by atoms with van der Waals surface area (Å²) in [6, 6.07) is 0. The fourth-order valence-corrected chi connectivity index (χ4v) is 1.55. The van der Waals surface area contributed by atoms with Crippen LogP contribution in [0.3, 0.4) is 0 Å². The second-order valence-electron chi connectivity index (χ2n) is 1.91. The number of carbonyl (C=O) groups is 1. The molecule has 0 aromatic rings. The van der Waals surface area contributed by atoms with Gasteiger partial charge in [0.05, 0.1) is 0 Å². The van der Waals surface area contributed by atoms with E-state index in [4.69, 9.17) is 5.11 Å². The molecule has 0 aliphatic rings. The lowest BCUT2D eigenvalue weighted by Crippen LogP contribution is -2.09. The third kappa shape index (κ3) is 4.99. The summed E-state index contributed by atoms with van der Waals surface area (Å²) in [6.45, 7) is 2.08. The van der Waals surface area contributed by atoms with Crippen LogP contribution in [0, 0.1) is 0 Å². The number of unbranched alkanes of at least 4 members (excludes halogenated alkanes) is 1.